The van der Waals surface area contributed by atoms with E-state index >= 15 is 0 Å². The first-order chi connectivity index (χ1) is 14.1. The Morgan fingerprint density at radius 3 is 2.45 bits per heavy atom. The molecule has 152 valence electrons. The van der Waals surface area contributed by atoms with Crippen LogP contribution in [0.3, 0.4) is 0 Å². The summed E-state index contributed by atoms with van der Waals surface area (Å²) in [5, 5.41) is 5.73. The number of anilines is 1. The average molecular weight is 395 g/mol. The van der Waals surface area contributed by atoms with E-state index in [-0.39, 0.29) is 23.2 Å². The molecule has 7 nitrogen and oxygen atoms in total. The van der Waals surface area contributed by atoms with Crippen molar-refractivity contribution in [2.45, 2.75) is 44.6 Å². The van der Waals surface area contributed by atoms with Crippen LogP contribution in [0.1, 0.15) is 69.7 Å². The van der Waals surface area contributed by atoms with E-state index in [1.165, 1.54) is 32.2 Å². The molecule has 0 saturated heterocycles. The molecule has 1 aliphatic carbocycles. The zero-order valence-electron chi connectivity index (χ0n) is 16.4. The molecule has 0 radical (unpaired) electrons. The van der Waals surface area contributed by atoms with Crippen molar-refractivity contribution in [3.8, 4) is 0 Å². The van der Waals surface area contributed by atoms with Gasteiger partial charge in [-0.15, -0.1) is 0 Å². The first kappa shape index (κ1) is 20.5. The van der Waals surface area contributed by atoms with Gasteiger partial charge < -0.3 is 15.4 Å². The smallest absolute Gasteiger partial charge is 0.339 e. The lowest BCUT2D eigenvalue weighted by Crippen LogP contribution is -2.34. The normalized spacial score (nSPS) is 14.5. The third kappa shape index (κ3) is 5.40. The Balaban J connectivity index is 1.71. The fourth-order valence-electron chi connectivity index (χ4n) is 3.45. The molecule has 0 spiro atoms. The number of aromatic nitrogens is 1. The monoisotopic (exact) mass is 395 g/mol. The highest BCUT2D eigenvalue weighted by atomic mass is 16.5. The van der Waals surface area contributed by atoms with Crippen LogP contribution in [0.15, 0.2) is 42.6 Å². The minimum Gasteiger partial charge on any atom is -0.465 e. The van der Waals surface area contributed by atoms with E-state index in [2.05, 4.69) is 15.6 Å². The van der Waals surface area contributed by atoms with Crippen LogP contribution >= 0.6 is 0 Å². The number of hydrogen-bond acceptors (Lipinski definition) is 5. The molecule has 1 saturated carbocycles. The molecule has 0 unspecified atom stereocenters. The number of benzene rings is 1. The van der Waals surface area contributed by atoms with Gasteiger partial charge in [0.15, 0.2) is 0 Å². The Labute approximate surface area is 169 Å². The number of rotatable bonds is 5. The number of hydrogen-bond donors (Lipinski definition) is 2. The SMILES string of the molecule is COC(=O)c1ccccc1NC(=O)c1cc(C(=O)NC2CCCCCC2)ccn1. The van der Waals surface area contributed by atoms with Gasteiger partial charge in [0.25, 0.3) is 11.8 Å². The quantitative estimate of drug-likeness (QED) is 0.596. The van der Waals surface area contributed by atoms with Crippen molar-refractivity contribution in [2.24, 2.45) is 0 Å². The summed E-state index contributed by atoms with van der Waals surface area (Å²) in [6.45, 7) is 0. The number of carbonyl (C=O) groups is 3. The van der Waals surface area contributed by atoms with Crippen LogP contribution in [0.4, 0.5) is 5.69 Å². The van der Waals surface area contributed by atoms with E-state index in [1.807, 2.05) is 0 Å². The third-order valence-corrected chi connectivity index (χ3v) is 5.03. The summed E-state index contributed by atoms with van der Waals surface area (Å²) in [5.74, 6) is -1.26. The molecule has 1 fully saturated rings. The van der Waals surface area contributed by atoms with Crippen LogP contribution in [0.5, 0.6) is 0 Å². The fourth-order valence-corrected chi connectivity index (χ4v) is 3.45. The van der Waals surface area contributed by atoms with Gasteiger partial charge in [-0.25, -0.2) is 4.79 Å². The second-order valence-corrected chi connectivity index (χ2v) is 7.08. The summed E-state index contributed by atoms with van der Waals surface area (Å²) in [7, 11) is 1.28. The summed E-state index contributed by atoms with van der Waals surface area (Å²) >= 11 is 0. The van der Waals surface area contributed by atoms with E-state index in [0.717, 1.165) is 25.7 Å². The molecular weight excluding hydrogens is 370 g/mol. The van der Waals surface area contributed by atoms with Crippen LogP contribution in [-0.2, 0) is 4.74 Å². The van der Waals surface area contributed by atoms with Crippen molar-refractivity contribution in [1.82, 2.24) is 10.3 Å². The molecule has 0 bridgehead atoms. The molecule has 1 aromatic heterocycles. The van der Waals surface area contributed by atoms with Crippen LogP contribution in [0, 0.1) is 0 Å². The maximum Gasteiger partial charge on any atom is 0.339 e. The molecule has 3 rings (SSSR count). The number of ether oxygens (including phenoxy) is 1. The molecular formula is C22H25N3O4. The molecule has 7 heteroatoms. The maximum atomic E-state index is 12.6. The lowest BCUT2D eigenvalue weighted by atomic mass is 10.1. The van der Waals surface area contributed by atoms with Crippen molar-refractivity contribution in [1.29, 1.82) is 0 Å². The molecule has 1 aliphatic rings. The van der Waals surface area contributed by atoms with Gasteiger partial charge >= 0.3 is 5.97 Å². The van der Waals surface area contributed by atoms with Crippen molar-refractivity contribution < 1.29 is 19.1 Å². The third-order valence-electron chi connectivity index (χ3n) is 5.03. The van der Waals surface area contributed by atoms with Gasteiger partial charge in [-0.2, -0.15) is 0 Å². The van der Waals surface area contributed by atoms with Crippen molar-refractivity contribution in [3.63, 3.8) is 0 Å². The van der Waals surface area contributed by atoms with Gasteiger partial charge in [-0.3, -0.25) is 14.6 Å². The average Bonchev–Trinajstić information content (AvgIpc) is 3.02. The molecule has 0 atom stereocenters. The van der Waals surface area contributed by atoms with E-state index in [9.17, 15) is 14.4 Å². The second kappa shape index (κ2) is 9.82. The Hall–Kier alpha value is -3.22. The van der Waals surface area contributed by atoms with E-state index < -0.39 is 11.9 Å². The Kier molecular flexibility index (Phi) is 6.94. The molecule has 0 aliphatic heterocycles. The number of carbonyl (C=O) groups excluding carboxylic acids is 3. The number of amides is 2. The molecule has 2 N–H and O–H groups in total. The minimum atomic E-state index is -0.551. The van der Waals surface area contributed by atoms with E-state index in [4.69, 9.17) is 4.74 Å². The van der Waals surface area contributed by atoms with Crippen LogP contribution < -0.4 is 10.6 Å². The lowest BCUT2D eigenvalue weighted by molar-refractivity contribution is 0.0601. The maximum absolute atomic E-state index is 12.6. The number of nitrogens with one attached hydrogen (secondary N) is 2. The van der Waals surface area contributed by atoms with Gasteiger partial charge in [-0.05, 0) is 37.1 Å². The molecule has 2 amide bonds. The van der Waals surface area contributed by atoms with Crippen LogP contribution in [0.2, 0.25) is 0 Å². The van der Waals surface area contributed by atoms with Gasteiger partial charge in [0, 0.05) is 17.8 Å². The minimum absolute atomic E-state index is 0.0955. The van der Waals surface area contributed by atoms with Gasteiger partial charge in [0.05, 0.1) is 18.4 Å². The lowest BCUT2D eigenvalue weighted by Gasteiger charge is -2.16. The van der Waals surface area contributed by atoms with Crippen LogP contribution in [0.25, 0.3) is 0 Å². The van der Waals surface area contributed by atoms with Crippen molar-refractivity contribution >= 4 is 23.5 Å². The summed E-state index contributed by atoms with van der Waals surface area (Å²) < 4.78 is 4.74. The second-order valence-electron chi connectivity index (χ2n) is 7.08. The Morgan fingerprint density at radius 1 is 1.00 bits per heavy atom. The summed E-state index contributed by atoms with van der Waals surface area (Å²) in [6.07, 6.45) is 8.05. The highest BCUT2D eigenvalue weighted by Crippen LogP contribution is 2.19. The largest absolute Gasteiger partial charge is 0.465 e. The zero-order valence-corrected chi connectivity index (χ0v) is 16.4. The molecule has 29 heavy (non-hydrogen) atoms. The predicted octanol–water partition coefficient (Wildman–Crippen LogP) is 3.57. The number of methoxy groups -OCH3 is 1. The zero-order chi connectivity index (χ0) is 20.6. The standard InChI is InChI=1S/C22H25N3O4/c1-29-22(28)17-10-6-7-11-18(17)25-21(27)19-14-15(12-13-23-19)20(26)24-16-8-4-2-3-5-9-16/h6-7,10-14,16H,2-5,8-9H2,1H3,(H,24,26)(H,25,27). The van der Waals surface area contributed by atoms with Gasteiger partial charge in [0.1, 0.15) is 5.69 Å². The predicted molar refractivity (Wildman–Crippen MR) is 109 cm³/mol. The van der Waals surface area contributed by atoms with Crippen molar-refractivity contribution in [3.05, 3.63) is 59.4 Å². The number of esters is 1. The fraction of sp³-hybridized carbons (Fsp3) is 0.364. The first-order valence-electron chi connectivity index (χ1n) is 9.84. The number of pyridine rings is 1. The van der Waals surface area contributed by atoms with Gasteiger partial charge in [0.2, 0.25) is 0 Å². The molecule has 1 heterocycles. The first-order valence-corrected chi connectivity index (χ1v) is 9.84. The molecule has 1 aromatic carbocycles. The van der Waals surface area contributed by atoms with Crippen LogP contribution in [-0.4, -0.2) is 35.9 Å². The summed E-state index contributed by atoms with van der Waals surface area (Å²) in [6, 6.07) is 9.76. The Bertz CT molecular complexity index is 889. The summed E-state index contributed by atoms with van der Waals surface area (Å²) in [5.41, 5.74) is 1.04. The number of nitrogens with zero attached hydrogens (tertiary/aromatic N) is 1. The van der Waals surface area contributed by atoms with Gasteiger partial charge in [-0.1, -0.05) is 37.8 Å². The topological polar surface area (TPSA) is 97.4 Å². The molecule has 2 aromatic rings. The highest BCUT2D eigenvalue weighted by molar-refractivity contribution is 6.08. The van der Waals surface area contributed by atoms with Crippen molar-refractivity contribution in [2.75, 3.05) is 12.4 Å². The van der Waals surface area contributed by atoms with E-state index in [0.29, 0.717) is 11.3 Å². The highest BCUT2D eigenvalue weighted by Gasteiger charge is 2.19. The number of para-hydroxylation sites is 1. The summed E-state index contributed by atoms with van der Waals surface area (Å²) in [4.78, 5) is 41.2. The van der Waals surface area contributed by atoms with E-state index in [1.54, 1.807) is 30.3 Å². The Morgan fingerprint density at radius 2 is 1.72 bits per heavy atom.